The Hall–Kier alpha value is -1.79. The lowest BCUT2D eigenvalue weighted by Crippen LogP contribution is -2.50. The Morgan fingerprint density at radius 3 is 2.69 bits per heavy atom. The first kappa shape index (κ1) is 20.5. The van der Waals surface area contributed by atoms with E-state index in [9.17, 15) is 9.59 Å². The maximum Gasteiger partial charge on any atom is 0.318 e. The van der Waals surface area contributed by atoms with Crippen LogP contribution in [-0.2, 0) is 17.8 Å². The number of hydrogen-bond acceptors (Lipinski definition) is 3. The molecule has 2 aliphatic heterocycles. The summed E-state index contributed by atoms with van der Waals surface area (Å²) in [5, 5.41) is 2.79. The van der Waals surface area contributed by atoms with Crippen LogP contribution in [0.25, 0.3) is 0 Å². The molecule has 0 saturated carbocycles. The van der Waals surface area contributed by atoms with Crippen molar-refractivity contribution in [3.8, 4) is 0 Å². The lowest BCUT2D eigenvalue weighted by atomic mass is 9.92. The Balaban J connectivity index is 0.00000243. The second-order valence-electron chi connectivity index (χ2n) is 7.20. The van der Waals surface area contributed by atoms with E-state index in [2.05, 4.69) is 17.4 Å². The number of benzene rings is 1. The van der Waals surface area contributed by atoms with Crippen LogP contribution in [0.5, 0.6) is 0 Å². The smallest absolute Gasteiger partial charge is 0.318 e. The largest absolute Gasteiger partial charge is 0.341 e. The van der Waals surface area contributed by atoms with E-state index < -0.39 is 0 Å². The van der Waals surface area contributed by atoms with Gasteiger partial charge in [0.15, 0.2) is 0 Å². The number of nitrogens with one attached hydrogen (secondary N) is 1. The molecule has 3 amide bonds. The van der Waals surface area contributed by atoms with Crippen molar-refractivity contribution in [3.63, 3.8) is 0 Å². The molecule has 3 rings (SSSR count). The minimum Gasteiger partial charge on any atom is -0.341 e. The summed E-state index contributed by atoms with van der Waals surface area (Å²) in [6, 6.07) is 8.12. The zero-order chi connectivity index (χ0) is 17.8. The molecule has 1 aromatic carbocycles. The van der Waals surface area contributed by atoms with Gasteiger partial charge in [-0.3, -0.25) is 4.79 Å². The number of hydrogen-bond donors (Lipinski definition) is 2. The molecule has 144 valence electrons. The van der Waals surface area contributed by atoms with Crippen LogP contribution >= 0.6 is 12.4 Å². The van der Waals surface area contributed by atoms with E-state index in [0.29, 0.717) is 25.6 Å². The van der Waals surface area contributed by atoms with Crippen LogP contribution in [0.3, 0.4) is 0 Å². The van der Waals surface area contributed by atoms with Crippen LogP contribution in [0, 0.1) is 5.92 Å². The zero-order valence-electron chi connectivity index (χ0n) is 15.3. The summed E-state index contributed by atoms with van der Waals surface area (Å²) in [4.78, 5) is 28.4. The zero-order valence-corrected chi connectivity index (χ0v) is 16.1. The van der Waals surface area contributed by atoms with Gasteiger partial charge >= 0.3 is 6.03 Å². The minimum atomic E-state index is -0.163. The molecular weight excluding hydrogens is 352 g/mol. The molecule has 3 N–H and O–H groups in total. The first-order chi connectivity index (χ1) is 12.0. The number of amides is 3. The molecule has 2 atom stereocenters. The Morgan fingerprint density at radius 2 is 1.96 bits per heavy atom. The average Bonchev–Trinajstić information content (AvgIpc) is 2.65. The molecule has 0 radical (unpaired) electrons. The number of carbonyl (C=O) groups excluding carboxylic acids is 2. The van der Waals surface area contributed by atoms with Crippen LogP contribution in [-0.4, -0.2) is 54.0 Å². The second-order valence-corrected chi connectivity index (χ2v) is 7.20. The number of likely N-dealkylation sites (tertiary alicyclic amines) is 1. The summed E-state index contributed by atoms with van der Waals surface area (Å²) in [7, 11) is 0. The third-order valence-corrected chi connectivity index (χ3v) is 5.36. The normalized spacial score (nSPS) is 20.6. The Kier molecular flexibility index (Phi) is 7.29. The number of rotatable bonds is 3. The highest BCUT2D eigenvalue weighted by atomic mass is 35.5. The van der Waals surface area contributed by atoms with Crippen LogP contribution in [0.2, 0.25) is 0 Å². The quantitative estimate of drug-likeness (QED) is 0.838. The Morgan fingerprint density at radius 1 is 1.23 bits per heavy atom. The van der Waals surface area contributed by atoms with Gasteiger partial charge in [-0.05, 0) is 43.2 Å². The first-order valence-electron chi connectivity index (χ1n) is 9.17. The van der Waals surface area contributed by atoms with E-state index in [1.54, 1.807) is 4.90 Å². The third kappa shape index (κ3) is 4.89. The van der Waals surface area contributed by atoms with Crippen molar-refractivity contribution in [2.45, 2.75) is 38.8 Å². The van der Waals surface area contributed by atoms with Gasteiger partial charge < -0.3 is 20.9 Å². The highest BCUT2D eigenvalue weighted by molar-refractivity contribution is 5.85. The summed E-state index contributed by atoms with van der Waals surface area (Å²) >= 11 is 0. The fraction of sp³-hybridized carbons (Fsp3) is 0.579. The van der Waals surface area contributed by atoms with Crippen molar-refractivity contribution >= 4 is 24.3 Å². The molecule has 1 aromatic rings. The van der Waals surface area contributed by atoms with Gasteiger partial charge in [0.2, 0.25) is 5.91 Å². The van der Waals surface area contributed by atoms with Gasteiger partial charge in [0, 0.05) is 32.2 Å². The lowest BCUT2D eigenvalue weighted by Gasteiger charge is -2.35. The minimum absolute atomic E-state index is 0. The van der Waals surface area contributed by atoms with E-state index in [-0.39, 0.29) is 36.9 Å². The molecule has 2 heterocycles. The molecule has 0 bridgehead atoms. The lowest BCUT2D eigenvalue weighted by molar-refractivity contribution is -0.132. The molecule has 1 fully saturated rings. The summed E-state index contributed by atoms with van der Waals surface area (Å²) in [5.74, 6) is 0.336. The number of nitrogens with zero attached hydrogens (tertiary/aromatic N) is 2. The monoisotopic (exact) mass is 380 g/mol. The van der Waals surface area contributed by atoms with Crippen LogP contribution in [0.1, 0.15) is 30.9 Å². The second kappa shape index (κ2) is 9.24. The summed E-state index contributed by atoms with van der Waals surface area (Å²) in [6.45, 7) is 4.80. The van der Waals surface area contributed by atoms with Crippen LogP contribution in [0.15, 0.2) is 24.3 Å². The van der Waals surface area contributed by atoms with Crippen molar-refractivity contribution in [2.75, 3.05) is 26.2 Å². The first-order valence-corrected chi connectivity index (χ1v) is 9.17. The van der Waals surface area contributed by atoms with Crippen molar-refractivity contribution in [2.24, 2.45) is 11.7 Å². The standard InChI is InChI=1S/C19H28N4O2.ClH/c1-14(20)16-7-4-9-22(12-16)18(24)11-21-19(25)23-10-8-15-5-2-3-6-17(15)13-23;/h2-3,5-6,14,16H,4,7-13,20H2,1H3,(H,21,25);1H. The number of carbonyl (C=O) groups is 2. The van der Waals surface area contributed by atoms with Gasteiger partial charge in [-0.25, -0.2) is 4.79 Å². The topological polar surface area (TPSA) is 78.7 Å². The van der Waals surface area contributed by atoms with Gasteiger partial charge in [0.1, 0.15) is 0 Å². The maximum atomic E-state index is 12.4. The van der Waals surface area contributed by atoms with E-state index >= 15 is 0 Å². The highest BCUT2D eigenvalue weighted by Gasteiger charge is 2.26. The van der Waals surface area contributed by atoms with E-state index in [0.717, 1.165) is 25.8 Å². The van der Waals surface area contributed by atoms with Gasteiger partial charge in [-0.15, -0.1) is 12.4 Å². The molecular formula is C19H29ClN4O2. The van der Waals surface area contributed by atoms with Crippen molar-refractivity contribution < 1.29 is 9.59 Å². The molecule has 2 unspecified atom stereocenters. The maximum absolute atomic E-state index is 12.4. The SMILES string of the molecule is CC(N)C1CCCN(C(=O)CNC(=O)N2CCc3ccccc3C2)C1.Cl. The predicted octanol–water partition coefficient (Wildman–Crippen LogP) is 1.76. The summed E-state index contributed by atoms with van der Waals surface area (Å²) in [6.07, 6.45) is 2.91. The van der Waals surface area contributed by atoms with E-state index in [4.69, 9.17) is 5.73 Å². The van der Waals surface area contributed by atoms with Gasteiger partial charge in [0.25, 0.3) is 0 Å². The molecule has 7 heteroatoms. The molecule has 6 nitrogen and oxygen atoms in total. The summed E-state index contributed by atoms with van der Waals surface area (Å²) < 4.78 is 0. The van der Waals surface area contributed by atoms with Gasteiger partial charge in [-0.1, -0.05) is 24.3 Å². The van der Waals surface area contributed by atoms with Crippen LogP contribution < -0.4 is 11.1 Å². The van der Waals surface area contributed by atoms with E-state index in [1.165, 1.54) is 11.1 Å². The number of nitrogens with two attached hydrogens (primary N) is 1. The highest BCUT2D eigenvalue weighted by Crippen LogP contribution is 2.19. The fourth-order valence-corrected chi connectivity index (χ4v) is 3.71. The van der Waals surface area contributed by atoms with Crippen molar-refractivity contribution in [1.29, 1.82) is 0 Å². The van der Waals surface area contributed by atoms with Gasteiger partial charge in [-0.2, -0.15) is 0 Å². The van der Waals surface area contributed by atoms with E-state index in [1.807, 2.05) is 24.0 Å². The Bertz CT molecular complexity index is 638. The Labute approximate surface area is 161 Å². The molecule has 1 saturated heterocycles. The molecule has 0 spiro atoms. The summed E-state index contributed by atoms with van der Waals surface area (Å²) in [5.41, 5.74) is 8.46. The molecule has 26 heavy (non-hydrogen) atoms. The number of piperidine rings is 1. The third-order valence-electron chi connectivity index (χ3n) is 5.36. The fourth-order valence-electron chi connectivity index (χ4n) is 3.71. The molecule has 2 aliphatic rings. The van der Waals surface area contributed by atoms with Crippen LogP contribution in [0.4, 0.5) is 4.79 Å². The van der Waals surface area contributed by atoms with Crippen molar-refractivity contribution in [1.82, 2.24) is 15.1 Å². The molecule has 0 aliphatic carbocycles. The average molecular weight is 381 g/mol. The number of fused-ring (bicyclic) bond motifs is 1. The number of halogens is 1. The predicted molar refractivity (Wildman–Crippen MR) is 104 cm³/mol. The van der Waals surface area contributed by atoms with Crippen molar-refractivity contribution in [3.05, 3.63) is 35.4 Å². The number of urea groups is 1. The van der Waals surface area contributed by atoms with Gasteiger partial charge in [0.05, 0.1) is 6.54 Å². The molecule has 0 aromatic heterocycles.